The van der Waals surface area contributed by atoms with E-state index in [-0.39, 0.29) is 5.82 Å². The number of hydrogen-bond donors (Lipinski definition) is 1. The highest BCUT2D eigenvalue weighted by molar-refractivity contribution is 5.58. The van der Waals surface area contributed by atoms with Gasteiger partial charge in [0, 0.05) is 19.3 Å². The maximum Gasteiger partial charge on any atom is 0.133 e. The van der Waals surface area contributed by atoms with E-state index in [1.165, 1.54) is 12.1 Å². The van der Waals surface area contributed by atoms with E-state index >= 15 is 0 Å². The van der Waals surface area contributed by atoms with Crippen molar-refractivity contribution in [2.75, 3.05) is 18.5 Å². The molecule has 2 aromatic rings. The molecule has 0 unspecified atom stereocenters. The molecule has 21 heavy (non-hydrogen) atoms. The Labute approximate surface area is 125 Å². The third-order valence-corrected chi connectivity index (χ3v) is 3.21. The third-order valence-electron chi connectivity index (χ3n) is 3.21. The Morgan fingerprint density at radius 2 is 1.86 bits per heavy atom. The summed E-state index contributed by atoms with van der Waals surface area (Å²) in [6, 6.07) is 12.4. The van der Waals surface area contributed by atoms with E-state index in [9.17, 15) is 4.39 Å². The molecule has 0 radical (unpaired) electrons. The average Bonchev–Trinajstić information content (AvgIpc) is 2.47. The predicted octanol–water partition coefficient (Wildman–Crippen LogP) is 3.73. The molecule has 0 atom stereocenters. The first-order chi connectivity index (χ1) is 10.1. The number of nitrogens with one attached hydrogen (secondary N) is 1. The van der Waals surface area contributed by atoms with Gasteiger partial charge >= 0.3 is 0 Å². The molecule has 0 aliphatic rings. The summed E-state index contributed by atoms with van der Waals surface area (Å²) < 4.78 is 13.0. The van der Waals surface area contributed by atoms with Crippen LogP contribution in [0.2, 0.25) is 0 Å². The van der Waals surface area contributed by atoms with E-state index < -0.39 is 0 Å². The number of halogens is 1. The van der Waals surface area contributed by atoms with Gasteiger partial charge in [-0.05, 0) is 48.9 Å². The molecule has 0 saturated heterocycles. The first-order valence-corrected chi connectivity index (χ1v) is 7.22. The van der Waals surface area contributed by atoms with Gasteiger partial charge in [0.05, 0.1) is 5.69 Å². The van der Waals surface area contributed by atoms with Gasteiger partial charge in [-0.2, -0.15) is 0 Å². The second kappa shape index (κ2) is 7.18. The van der Waals surface area contributed by atoms with Gasteiger partial charge in [-0.1, -0.05) is 19.9 Å². The normalized spacial score (nSPS) is 10.9. The maximum absolute atomic E-state index is 13.0. The SMILES string of the molecule is CC(C)CNCc1cccc(N(C)c2ccc(F)cc2)n1. The number of nitrogens with zero attached hydrogens (tertiary/aromatic N) is 2. The molecule has 0 aliphatic heterocycles. The van der Waals surface area contributed by atoms with Crippen molar-refractivity contribution in [3.05, 3.63) is 54.0 Å². The molecule has 1 N–H and O–H groups in total. The molecule has 4 heteroatoms. The van der Waals surface area contributed by atoms with Crippen molar-refractivity contribution in [1.29, 1.82) is 0 Å². The first-order valence-electron chi connectivity index (χ1n) is 7.22. The van der Waals surface area contributed by atoms with E-state index in [1.807, 2.05) is 30.1 Å². The van der Waals surface area contributed by atoms with Crippen LogP contribution in [0.25, 0.3) is 0 Å². The maximum atomic E-state index is 13.0. The zero-order chi connectivity index (χ0) is 15.2. The van der Waals surface area contributed by atoms with E-state index in [0.717, 1.165) is 30.3 Å². The third kappa shape index (κ3) is 4.53. The van der Waals surface area contributed by atoms with Gasteiger partial charge in [0.15, 0.2) is 0 Å². The van der Waals surface area contributed by atoms with Gasteiger partial charge in [0.25, 0.3) is 0 Å². The topological polar surface area (TPSA) is 28.2 Å². The molecule has 0 aliphatic carbocycles. The molecule has 1 aromatic heterocycles. The molecular formula is C17H22FN3. The highest BCUT2D eigenvalue weighted by atomic mass is 19.1. The minimum absolute atomic E-state index is 0.230. The molecule has 0 fully saturated rings. The Bertz CT molecular complexity index is 567. The van der Waals surface area contributed by atoms with E-state index in [2.05, 4.69) is 24.1 Å². The lowest BCUT2D eigenvalue weighted by Gasteiger charge is -2.19. The standard InChI is InChI=1S/C17H22FN3/c1-13(2)11-19-12-15-5-4-6-17(20-15)21(3)16-9-7-14(18)8-10-16/h4-10,13,19H,11-12H2,1-3H3. The van der Waals surface area contributed by atoms with Crippen LogP contribution in [0.1, 0.15) is 19.5 Å². The van der Waals surface area contributed by atoms with Crippen molar-refractivity contribution in [3.63, 3.8) is 0 Å². The fourth-order valence-corrected chi connectivity index (χ4v) is 2.04. The van der Waals surface area contributed by atoms with Crippen LogP contribution in [-0.4, -0.2) is 18.6 Å². The minimum atomic E-state index is -0.230. The molecular weight excluding hydrogens is 265 g/mol. The van der Waals surface area contributed by atoms with Crippen molar-refractivity contribution in [2.24, 2.45) is 5.92 Å². The Morgan fingerprint density at radius 1 is 1.14 bits per heavy atom. The largest absolute Gasteiger partial charge is 0.329 e. The fraction of sp³-hybridized carbons (Fsp3) is 0.353. The van der Waals surface area contributed by atoms with Gasteiger partial charge in [0.1, 0.15) is 11.6 Å². The summed E-state index contributed by atoms with van der Waals surface area (Å²) in [6.45, 7) is 6.08. The first kappa shape index (κ1) is 15.4. The molecule has 1 heterocycles. The Balaban J connectivity index is 2.07. The van der Waals surface area contributed by atoms with Gasteiger partial charge < -0.3 is 10.2 Å². The highest BCUT2D eigenvalue weighted by Crippen LogP contribution is 2.21. The van der Waals surface area contributed by atoms with E-state index in [4.69, 9.17) is 0 Å². The Kier molecular flexibility index (Phi) is 5.28. The number of rotatable bonds is 6. The monoisotopic (exact) mass is 287 g/mol. The number of aromatic nitrogens is 1. The van der Waals surface area contributed by atoms with Gasteiger partial charge in [-0.25, -0.2) is 9.37 Å². The van der Waals surface area contributed by atoms with Crippen LogP contribution >= 0.6 is 0 Å². The quantitative estimate of drug-likeness (QED) is 0.877. The van der Waals surface area contributed by atoms with Crippen molar-refractivity contribution in [3.8, 4) is 0 Å². The van der Waals surface area contributed by atoms with Crippen LogP contribution in [0.3, 0.4) is 0 Å². The summed E-state index contributed by atoms with van der Waals surface area (Å²) in [7, 11) is 1.93. The second-order valence-corrected chi connectivity index (χ2v) is 5.55. The molecule has 0 amide bonds. The molecule has 112 valence electrons. The highest BCUT2D eigenvalue weighted by Gasteiger charge is 2.06. The molecule has 0 spiro atoms. The second-order valence-electron chi connectivity index (χ2n) is 5.55. The Hall–Kier alpha value is -1.94. The Morgan fingerprint density at radius 3 is 2.52 bits per heavy atom. The molecule has 0 saturated carbocycles. The fourth-order valence-electron chi connectivity index (χ4n) is 2.04. The van der Waals surface area contributed by atoms with Crippen molar-refractivity contribution in [2.45, 2.75) is 20.4 Å². The van der Waals surface area contributed by atoms with Gasteiger partial charge in [0.2, 0.25) is 0 Å². The lowest BCUT2D eigenvalue weighted by Crippen LogP contribution is -2.20. The zero-order valence-electron chi connectivity index (χ0n) is 12.8. The lowest BCUT2D eigenvalue weighted by molar-refractivity contribution is 0.548. The van der Waals surface area contributed by atoms with Crippen LogP contribution in [-0.2, 0) is 6.54 Å². The number of hydrogen-bond acceptors (Lipinski definition) is 3. The molecule has 2 rings (SSSR count). The summed E-state index contributed by atoms with van der Waals surface area (Å²) >= 11 is 0. The number of anilines is 2. The van der Waals surface area contributed by atoms with Crippen LogP contribution in [0.4, 0.5) is 15.9 Å². The van der Waals surface area contributed by atoms with E-state index in [0.29, 0.717) is 5.92 Å². The van der Waals surface area contributed by atoms with Gasteiger partial charge in [-0.3, -0.25) is 0 Å². The van der Waals surface area contributed by atoms with Crippen LogP contribution in [0.15, 0.2) is 42.5 Å². The number of benzene rings is 1. The summed E-state index contributed by atoms with van der Waals surface area (Å²) in [5, 5.41) is 3.38. The van der Waals surface area contributed by atoms with E-state index in [1.54, 1.807) is 12.1 Å². The van der Waals surface area contributed by atoms with Crippen LogP contribution in [0.5, 0.6) is 0 Å². The zero-order valence-corrected chi connectivity index (χ0v) is 12.8. The van der Waals surface area contributed by atoms with Crippen molar-refractivity contribution >= 4 is 11.5 Å². The molecule has 3 nitrogen and oxygen atoms in total. The van der Waals surface area contributed by atoms with Crippen LogP contribution < -0.4 is 10.2 Å². The predicted molar refractivity (Wildman–Crippen MR) is 85.2 cm³/mol. The summed E-state index contributed by atoms with van der Waals surface area (Å²) in [5.74, 6) is 1.24. The lowest BCUT2D eigenvalue weighted by atomic mass is 10.2. The van der Waals surface area contributed by atoms with Crippen LogP contribution in [0, 0.1) is 11.7 Å². The summed E-state index contributed by atoms with van der Waals surface area (Å²) in [6.07, 6.45) is 0. The smallest absolute Gasteiger partial charge is 0.133 e. The summed E-state index contributed by atoms with van der Waals surface area (Å²) in [5.41, 5.74) is 1.92. The van der Waals surface area contributed by atoms with Gasteiger partial charge in [-0.15, -0.1) is 0 Å². The number of pyridine rings is 1. The van der Waals surface area contributed by atoms with Crippen molar-refractivity contribution in [1.82, 2.24) is 10.3 Å². The molecule has 1 aromatic carbocycles. The minimum Gasteiger partial charge on any atom is -0.329 e. The average molecular weight is 287 g/mol. The summed E-state index contributed by atoms with van der Waals surface area (Å²) in [4.78, 5) is 6.59. The van der Waals surface area contributed by atoms with Crippen molar-refractivity contribution < 1.29 is 4.39 Å². The molecule has 0 bridgehead atoms.